The molecule has 0 spiro atoms. The second kappa shape index (κ2) is 5.68. The predicted molar refractivity (Wildman–Crippen MR) is 76.4 cm³/mol. The first-order valence-corrected chi connectivity index (χ1v) is 6.35. The Hall–Kier alpha value is -2.80. The van der Waals surface area contributed by atoms with E-state index >= 15 is 0 Å². The molecule has 1 amide bonds. The summed E-state index contributed by atoms with van der Waals surface area (Å²) in [4.78, 5) is 24.2. The van der Waals surface area contributed by atoms with Gasteiger partial charge in [0, 0.05) is 12.4 Å². The Balaban J connectivity index is 1.93. The number of rotatable bonds is 3. The molecule has 104 valence electrons. The van der Waals surface area contributed by atoms with Gasteiger partial charge in [0.25, 0.3) is 5.91 Å². The Morgan fingerprint density at radius 3 is 2.76 bits per heavy atom. The van der Waals surface area contributed by atoms with E-state index in [0.29, 0.717) is 11.5 Å². The molecule has 0 unspecified atom stereocenters. The highest BCUT2D eigenvalue weighted by Gasteiger charge is 2.14. The first kappa shape index (κ1) is 13.2. The molecule has 0 bridgehead atoms. The molecule has 1 N–H and O–H groups in total. The molecule has 3 aromatic rings. The maximum atomic E-state index is 12.2. The molecule has 0 saturated heterocycles. The number of halogens is 1. The summed E-state index contributed by atoms with van der Waals surface area (Å²) in [5.74, 6) is 0.0887. The molecule has 0 aromatic carbocycles. The highest BCUT2D eigenvalue weighted by Crippen LogP contribution is 2.19. The largest absolute Gasteiger partial charge is 0.319 e. The summed E-state index contributed by atoms with van der Waals surface area (Å²) in [6.45, 7) is 0. The molecule has 0 saturated carbocycles. The normalized spacial score (nSPS) is 10.3. The van der Waals surface area contributed by atoms with Crippen LogP contribution in [0.4, 0.5) is 5.69 Å². The van der Waals surface area contributed by atoms with Crippen LogP contribution in [0.15, 0.2) is 49.3 Å². The number of hydrogen-bond acceptors (Lipinski definition) is 5. The molecule has 3 heterocycles. The van der Waals surface area contributed by atoms with E-state index in [9.17, 15) is 4.79 Å². The van der Waals surface area contributed by atoms with Gasteiger partial charge in [0.1, 0.15) is 17.8 Å². The highest BCUT2D eigenvalue weighted by molar-refractivity contribution is 6.33. The second-order valence-electron chi connectivity index (χ2n) is 4.01. The van der Waals surface area contributed by atoms with Gasteiger partial charge in [-0.2, -0.15) is 5.10 Å². The van der Waals surface area contributed by atoms with Crippen molar-refractivity contribution in [3.05, 3.63) is 60.0 Å². The minimum atomic E-state index is -0.373. The van der Waals surface area contributed by atoms with E-state index in [1.165, 1.54) is 23.5 Å². The van der Waals surface area contributed by atoms with Gasteiger partial charge in [-0.15, -0.1) is 0 Å². The Morgan fingerprint density at radius 1 is 1.19 bits per heavy atom. The summed E-state index contributed by atoms with van der Waals surface area (Å²) in [6, 6.07) is 6.66. The minimum Gasteiger partial charge on any atom is -0.319 e. The summed E-state index contributed by atoms with van der Waals surface area (Å²) in [6.07, 6.45) is 6.00. The SMILES string of the molecule is O=C(Nc1cccnc1-n1cncn1)c1cccnc1Cl. The van der Waals surface area contributed by atoms with E-state index in [-0.39, 0.29) is 16.6 Å². The summed E-state index contributed by atoms with van der Waals surface area (Å²) in [7, 11) is 0. The van der Waals surface area contributed by atoms with E-state index in [1.807, 2.05) is 0 Å². The van der Waals surface area contributed by atoms with Crippen LogP contribution < -0.4 is 5.32 Å². The van der Waals surface area contributed by atoms with Crippen LogP contribution in [0.25, 0.3) is 5.82 Å². The molecule has 21 heavy (non-hydrogen) atoms. The molecule has 3 aromatic heterocycles. The van der Waals surface area contributed by atoms with Crippen LogP contribution in [0.3, 0.4) is 0 Å². The van der Waals surface area contributed by atoms with Crippen LogP contribution >= 0.6 is 11.6 Å². The fourth-order valence-corrected chi connectivity index (χ4v) is 1.94. The number of nitrogens with one attached hydrogen (secondary N) is 1. The van der Waals surface area contributed by atoms with Gasteiger partial charge in [0.15, 0.2) is 5.82 Å². The molecular weight excluding hydrogens is 292 g/mol. The number of pyridine rings is 2. The van der Waals surface area contributed by atoms with Gasteiger partial charge in [-0.05, 0) is 24.3 Å². The zero-order chi connectivity index (χ0) is 14.7. The predicted octanol–water partition coefficient (Wildman–Crippen LogP) is 1.96. The van der Waals surface area contributed by atoms with E-state index in [2.05, 4.69) is 25.4 Å². The van der Waals surface area contributed by atoms with Crippen LogP contribution in [0, 0.1) is 0 Å². The highest BCUT2D eigenvalue weighted by atomic mass is 35.5. The number of anilines is 1. The molecule has 0 atom stereocenters. The van der Waals surface area contributed by atoms with Gasteiger partial charge >= 0.3 is 0 Å². The Labute approximate surface area is 124 Å². The topological polar surface area (TPSA) is 85.6 Å². The Kier molecular flexibility index (Phi) is 3.57. The fourth-order valence-electron chi connectivity index (χ4n) is 1.74. The zero-order valence-electron chi connectivity index (χ0n) is 10.6. The van der Waals surface area contributed by atoms with E-state index in [4.69, 9.17) is 11.6 Å². The average Bonchev–Trinajstić information content (AvgIpc) is 3.02. The molecule has 0 aliphatic carbocycles. The van der Waals surface area contributed by atoms with Crippen LogP contribution in [-0.2, 0) is 0 Å². The summed E-state index contributed by atoms with van der Waals surface area (Å²) in [5, 5.41) is 6.88. The molecule has 7 nitrogen and oxygen atoms in total. The summed E-state index contributed by atoms with van der Waals surface area (Å²) < 4.78 is 1.46. The zero-order valence-corrected chi connectivity index (χ0v) is 11.4. The first-order chi connectivity index (χ1) is 10.3. The molecular formula is C13H9ClN6O. The van der Waals surface area contributed by atoms with Gasteiger partial charge in [-0.1, -0.05) is 11.6 Å². The number of nitrogens with zero attached hydrogens (tertiary/aromatic N) is 5. The quantitative estimate of drug-likeness (QED) is 0.747. The van der Waals surface area contributed by atoms with E-state index in [0.717, 1.165) is 0 Å². The van der Waals surface area contributed by atoms with Crippen molar-refractivity contribution < 1.29 is 4.79 Å². The number of carbonyl (C=O) groups is 1. The van der Waals surface area contributed by atoms with E-state index < -0.39 is 0 Å². The van der Waals surface area contributed by atoms with Crippen molar-refractivity contribution >= 4 is 23.2 Å². The summed E-state index contributed by atoms with van der Waals surface area (Å²) >= 11 is 5.91. The van der Waals surface area contributed by atoms with Crippen molar-refractivity contribution in [1.82, 2.24) is 24.7 Å². The van der Waals surface area contributed by atoms with Crippen LogP contribution in [-0.4, -0.2) is 30.6 Å². The lowest BCUT2D eigenvalue weighted by Crippen LogP contribution is -2.15. The van der Waals surface area contributed by atoms with Gasteiger partial charge in [0.05, 0.1) is 11.3 Å². The van der Waals surface area contributed by atoms with Crippen LogP contribution in [0.1, 0.15) is 10.4 Å². The standard InChI is InChI=1S/C13H9ClN6O/c14-11-9(3-1-5-16-11)13(21)19-10-4-2-6-17-12(10)20-8-15-7-18-20/h1-8H,(H,19,21). The fraction of sp³-hybridized carbons (Fsp3) is 0. The smallest absolute Gasteiger partial charge is 0.258 e. The van der Waals surface area contributed by atoms with Gasteiger partial charge in [-0.3, -0.25) is 4.79 Å². The average molecular weight is 301 g/mol. The second-order valence-corrected chi connectivity index (χ2v) is 4.37. The third-order valence-corrected chi connectivity index (χ3v) is 2.98. The Bertz CT molecular complexity index is 774. The lowest BCUT2D eigenvalue weighted by Gasteiger charge is -2.09. The molecule has 8 heteroatoms. The maximum Gasteiger partial charge on any atom is 0.258 e. The van der Waals surface area contributed by atoms with Crippen molar-refractivity contribution in [3.8, 4) is 5.82 Å². The van der Waals surface area contributed by atoms with Crippen molar-refractivity contribution in [2.75, 3.05) is 5.32 Å². The monoisotopic (exact) mass is 300 g/mol. The Morgan fingerprint density at radius 2 is 2.00 bits per heavy atom. The van der Waals surface area contributed by atoms with Crippen LogP contribution in [0.2, 0.25) is 5.15 Å². The number of hydrogen-bond donors (Lipinski definition) is 1. The molecule has 0 radical (unpaired) electrons. The van der Waals surface area contributed by atoms with Gasteiger partial charge in [-0.25, -0.2) is 19.6 Å². The lowest BCUT2D eigenvalue weighted by molar-refractivity contribution is 0.102. The van der Waals surface area contributed by atoms with Gasteiger partial charge < -0.3 is 5.32 Å². The number of aromatic nitrogens is 5. The van der Waals surface area contributed by atoms with Crippen molar-refractivity contribution in [1.29, 1.82) is 0 Å². The first-order valence-electron chi connectivity index (χ1n) is 5.97. The van der Waals surface area contributed by atoms with Crippen LogP contribution in [0.5, 0.6) is 0 Å². The lowest BCUT2D eigenvalue weighted by atomic mass is 10.2. The molecule has 0 fully saturated rings. The minimum absolute atomic E-state index is 0.140. The van der Waals surface area contributed by atoms with E-state index in [1.54, 1.807) is 30.5 Å². The maximum absolute atomic E-state index is 12.2. The van der Waals surface area contributed by atoms with Crippen molar-refractivity contribution in [2.45, 2.75) is 0 Å². The third-order valence-electron chi connectivity index (χ3n) is 2.67. The number of carbonyl (C=O) groups excluding carboxylic acids is 1. The molecule has 0 aliphatic heterocycles. The third kappa shape index (κ3) is 2.72. The van der Waals surface area contributed by atoms with Gasteiger partial charge in [0.2, 0.25) is 0 Å². The summed E-state index contributed by atoms with van der Waals surface area (Å²) in [5.41, 5.74) is 0.778. The van der Waals surface area contributed by atoms with Crippen molar-refractivity contribution in [2.24, 2.45) is 0 Å². The van der Waals surface area contributed by atoms with Crippen molar-refractivity contribution in [3.63, 3.8) is 0 Å². The molecule has 3 rings (SSSR count). The molecule has 0 aliphatic rings. The number of amides is 1.